The van der Waals surface area contributed by atoms with Crippen molar-refractivity contribution in [2.45, 2.75) is 18.9 Å². The number of hydrogen-bond acceptors (Lipinski definition) is 2. The van der Waals surface area contributed by atoms with Crippen molar-refractivity contribution in [3.63, 3.8) is 0 Å². The number of carbonyl (C=O) groups excluding carboxylic acids is 1. The average Bonchev–Trinajstić information content (AvgIpc) is 2.06. The molecule has 0 saturated carbocycles. The van der Waals surface area contributed by atoms with Gasteiger partial charge in [0.1, 0.15) is 0 Å². The maximum atomic E-state index is 10.8. The molecule has 1 amide bonds. The van der Waals surface area contributed by atoms with Gasteiger partial charge in [0.05, 0.1) is 12.6 Å². The highest BCUT2D eigenvalue weighted by Crippen LogP contribution is 2.05. The molecule has 1 aliphatic rings. The van der Waals surface area contributed by atoms with E-state index in [9.17, 15) is 4.79 Å². The zero-order valence-electron chi connectivity index (χ0n) is 6.51. The zero-order chi connectivity index (χ0) is 8.10. The Bertz CT molecular complexity index is 150. The summed E-state index contributed by atoms with van der Waals surface area (Å²) in [7, 11) is 0. The fourth-order valence-corrected chi connectivity index (χ4v) is 1.11. The first-order valence-corrected chi connectivity index (χ1v) is 3.83. The van der Waals surface area contributed by atoms with E-state index in [0.717, 1.165) is 19.4 Å². The van der Waals surface area contributed by atoms with Gasteiger partial charge in [0.15, 0.2) is 0 Å². The van der Waals surface area contributed by atoms with E-state index in [1.165, 1.54) is 6.08 Å². The Kier molecular flexibility index (Phi) is 3.11. The van der Waals surface area contributed by atoms with Crippen LogP contribution in [0.25, 0.3) is 0 Å². The van der Waals surface area contributed by atoms with Crippen molar-refractivity contribution in [1.29, 1.82) is 0 Å². The second-order valence-electron chi connectivity index (χ2n) is 2.63. The summed E-state index contributed by atoms with van der Waals surface area (Å²) in [4.78, 5) is 10.8. The van der Waals surface area contributed by atoms with E-state index in [0.29, 0.717) is 6.61 Å². The molecule has 62 valence electrons. The quantitative estimate of drug-likeness (QED) is 0.588. The molecule has 1 unspecified atom stereocenters. The molecule has 0 aliphatic carbocycles. The molecule has 1 saturated heterocycles. The molecule has 11 heavy (non-hydrogen) atoms. The lowest BCUT2D eigenvalue weighted by Crippen LogP contribution is -2.39. The van der Waals surface area contributed by atoms with Gasteiger partial charge in [-0.1, -0.05) is 6.58 Å². The zero-order valence-corrected chi connectivity index (χ0v) is 6.51. The van der Waals surface area contributed by atoms with Gasteiger partial charge in [-0.3, -0.25) is 4.79 Å². The third-order valence-electron chi connectivity index (χ3n) is 1.69. The predicted octanol–water partition coefficient (Wildman–Crippen LogP) is 0.468. The predicted molar refractivity (Wildman–Crippen MR) is 42.2 cm³/mol. The SMILES string of the molecule is C=CC(=O)NC1CCCOC1. The van der Waals surface area contributed by atoms with Gasteiger partial charge < -0.3 is 10.1 Å². The Labute approximate surface area is 66.4 Å². The largest absolute Gasteiger partial charge is 0.379 e. The molecule has 1 fully saturated rings. The van der Waals surface area contributed by atoms with Crippen molar-refractivity contribution in [3.05, 3.63) is 12.7 Å². The summed E-state index contributed by atoms with van der Waals surface area (Å²) in [6, 6.07) is 0.189. The average molecular weight is 155 g/mol. The van der Waals surface area contributed by atoms with E-state index in [1.807, 2.05) is 0 Å². The topological polar surface area (TPSA) is 38.3 Å². The number of carbonyl (C=O) groups is 1. The van der Waals surface area contributed by atoms with Crippen LogP contribution in [0.1, 0.15) is 12.8 Å². The first-order valence-electron chi connectivity index (χ1n) is 3.83. The van der Waals surface area contributed by atoms with Gasteiger partial charge >= 0.3 is 0 Å². The van der Waals surface area contributed by atoms with Crippen molar-refractivity contribution in [1.82, 2.24) is 5.32 Å². The maximum absolute atomic E-state index is 10.8. The second-order valence-corrected chi connectivity index (χ2v) is 2.63. The minimum absolute atomic E-state index is 0.111. The van der Waals surface area contributed by atoms with Crippen molar-refractivity contribution in [2.24, 2.45) is 0 Å². The van der Waals surface area contributed by atoms with Crippen LogP contribution in [0.4, 0.5) is 0 Å². The summed E-state index contributed by atoms with van der Waals surface area (Å²) in [6.07, 6.45) is 3.33. The highest BCUT2D eigenvalue weighted by molar-refractivity contribution is 5.87. The van der Waals surface area contributed by atoms with E-state index in [-0.39, 0.29) is 11.9 Å². The molecule has 3 heteroatoms. The van der Waals surface area contributed by atoms with Crippen molar-refractivity contribution < 1.29 is 9.53 Å². The molecule has 0 aromatic heterocycles. The summed E-state index contributed by atoms with van der Waals surface area (Å²) >= 11 is 0. The molecule has 3 nitrogen and oxygen atoms in total. The molecule has 1 rings (SSSR count). The van der Waals surface area contributed by atoms with Crippen LogP contribution in [-0.4, -0.2) is 25.2 Å². The summed E-state index contributed by atoms with van der Waals surface area (Å²) in [5.41, 5.74) is 0. The van der Waals surface area contributed by atoms with E-state index in [4.69, 9.17) is 4.74 Å². The number of hydrogen-bond donors (Lipinski definition) is 1. The molecule has 0 radical (unpaired) electrons. The normalized spacial score (nSPS) is 24.2. The monoisotopic (exact) mass is 155 g/mol. The van der Waals surface area contributed by atoms with E-state index in [1.54, 1.807) is 0 Å². The lowest BCUT2D eigenvalue weighted by molar-refractivity contribution is -0.118. The van der Waals surface area contributed by atoms with Gasteiger partial charge in [-0.05, 0) is 18.9 Å². The molecule has 0 aromatic rings. The van der Waals surface area contributed by atoms with Crippen LogP contribution in [0.15, 0.2) is 12.7 Å². The standard InChI is InChI=1S/C8H13NO2/c1-2-8(10)9-7-4-3-5-11-6-7/h2,7H,1,3-6H2,(H,9,10). The van der Waals surface area contributed by atoms with Crippen molar-refractivity contribution in [3.8, 4) is 0 Å². The maximum Gasteiger partial charge on any atom is 0.243 e. The fraction of sp³-hybridized carbons (Fsp3) is 0.625. The van der Waals surface area contributed by atoms with Gasteiger partial charge in [0.2, 0.25) is 5.91 Å². The van der Waals surface area contributed by atoms with Crippen LogP contribution in [0.2, 0.25) is 0 Å². The van der Waals surface area contributed by atoms with Gasteiger partial charge in [-0.15, -0.1) is 0 Å². The first kappa shape index (κ1) is 8.27. The molecule has 0 bridgehead atoms. The molecular weight excluding hydrogens is 142 g/mol. The van der Waals surface area contributed by atoms with Gasteiger partial charge in [0, 0.05) is 6.61 Å². The Hall–Kier alpha value is -0.830. The molecule has 1 heterocycles. The summed E-state index contributed by atoms with van der Waals surface area (Å²) in [6.45, 7) is 4.83. The van der Waals surface area contributed by atoms with Crippen molar-refractivity contribution in [2.75, 3.05) is 13.2 Å². The molecule has 0 spiro atoms. The van der Waals surface area contributed by atoms with Gasteiger partial charge in [-0.25, -0.2) is 0 Å². The Morgan fingerprint density at radius 2 is 2.55 bits per heavy atom. The molecule has 0 aromatic carbocycles. The van der Waals surface area contributed by atoms with Gasteiger partial charge in [-0.2, -0.15) is 0 Å². The minimum Gasteiger partial charge on any atom is -0.379 e. The smallest absolute Gasteiger partial charge is 0.243 e. The number of amides is 1. The van der Waals surface area contributed by atoms with Crippen LogP contribution in [-0.2, 0) is 9.53 Å². The highest BCUT2D eigenvalue weighted by atomic mass is 16.5. The van der Waals surface area contributed by atoms with Crippen LogP contribution < -0.4 is 5.32 Å². The molecule has 1 atom stereocenters. The third-order valence-corrected chi connectivity index (χ3v) is 1.69. The molecule has 1 aliphatic heterocycles. The Morgan fingerprint density at radius 3 is 3.09 bits per heavy atom. The Morgan fingerprint density at radius 1 is 1.73 bits per heavy atom. The lowest BCUT2D eigenvalue weighted by atomic mass is 10.1. The van der Waals surface area contributed by atoms with E-state index < -0.39 is 0 Å². The molecule has 1 N–H and O–H groups in total. The summed E-state index contributed by atoms with van der Waals surface area (Å²) in [5.74, 6) is -0.111. The summed E-state index contributed by atoms with van der Waals surface area (Å²) in [5, 5.41) is 2.79. The van der Waals surface area contributed by atoms with Crippen LogP contribution in [0.5, 0.6) is 0 Å². The summed E-state index contributed by atoms with van der Waals surface area (Å²) < 4.78 is 5.18. The highest BCUT2D eigenvalue weighted by Gasteiger charge is 2.13. The molecular formula is C8H13NO2. The van der Waals surface area contributed by atoms with Crippen LogP contribution in [0.3, 0.4) is 0 Å². The number of rotatable bonds is 2. The second kappa shape index (κ2) is 4.13. The lowest BCUT2D eigenvalue weighted by Gasteiger charge is -2.22. The van der Waals surface area contributed by atoms with Gasteiger partial charge in [0.25, 0.3) is 0 Å². The fourth-order valence-electron chi connectivity index (χ4n) is 1.11. The van der Waals surface area contributed by atoms with Crippen LogP contribution in [0, 0.1) is 0 Å². The van der Waals surface area contributed by atoms with E-state index in [2.05, 4.69) is 11.9 Å². The number of nitrogens with one attached hydrogen (secondary N) is 1. The first-order chi connectivity index (χ1) is 5.33. The minimum atomic E-state index is -0.111. The van der Waals surface area contributed by atoms with E-state index >= 15 is 0 Å². The third kappa shape index (κ3) is 2.72. The number of ether oxygens (including phenoxy) is 1. The van der Waals surface area contributed by atoms with Crippen LogP contribution >= 0.6 is 0 Å². The van der Waals surface area contributed by atoms with Crippen molar-refractivity contribution >= 4 is 5.91 Å². The Balaban J connectivity index is 2.24.